The molecular weight excluding hydrogens is 360 g/mol. The third-order valence-electron chi connectivity index (χ3n) is 3.11. The Labute approximate surface area is 131 Å². The van der Waals surface area contributed by atoms with Crippen molar-refractivity contribution >= 4 is 43.0 Å². The van der Waals surface area contributed by atoms with Crippen molar-refractivity contribution in [2.45, 2.75) is 25.3 Å². The molecule has 7 heteroatoms. The highest BCUT2D eigenvalue weighted by molar-refractivity contribution is 9.10. The van der Waals surface area contributed by atoms with Crippen molar-refractivity contribution in [3.05, 3.63) is 44.1 Å². The number of halogens is 1. The van der Waals surface area contributed by atoms with Gasteiger partial charge in [0.25, 0.3) is 0 Å². The van der Waals surface area contributed by atoms with Crippen LogP contribution in [0.15, 0.2) is 32.9 Å². The average molecular weight is 375 g/mol. The van der Waals surface area contributed by atoms with Gasteiger partial charge in [-0.25, -0.2) is 13.1 Å². The van der Waals surface area contributed by atoms with Crippen LogP contribution in [-0.2, 0) is 16.6 Å². The Kier molecular flexibility index (Phi) is 4.53. The number of benzene rings is 1. The van der Waals surface area contributed by atoms with Crippen LogP contribution in [0.4, 0.5) is 5.69 Å². The third-order valence-corrected chi connectivity index (χ3v) is 6.41. The summed E-state index contributed by atoms with van der Waals surface area (Å²) < 4.78 is 28.1. The summed E-state index contributed by atoms with van der Waals surface area (Å²) in [7, 11) is -3.56. The van der Waals surface area contributed by atoms with E-state index in [1.807, 2.05) is 25.3 Å². The average Bonchev–Trinajstić information content (AvgIpc) is 2.78. The fraction of sp³-hybridized carbons (Fsp3) is 0.231. The van der Waals surface area contributed by atoms with Gasteiger partial charge in [0.05, 0.1) is 4.90 Å². The first kappa shape index (κ1) is 15.5. The number of hydrogen-bond donors (Lipinski definition) is 2. The molecule has 0 fully saturated rings. The molecule has 0 spiro atoms. The second-order valence-electron chi connectivity index (χ2n) is 4.47. The Hall–Kier alpha value is -0.890. The lowest BCUT2D eigenvalue weighted by Crippen LogP contribution is -2.23. The molecule has 2 aromatic rings. The van der Waals surface area contributed by atoms with E-state index in [-0.39, 0.29) is 11.4 Å². The van der Waals surface area contributed by atoms with Gasteiger partial charge in [0.2, 0.25) is 10.0 Å². The van der Waals surface area contributed by atoms with Crippen molar-refractivity contribution in [3.63, 3.8) is 0 Å². The minimum absolute atomic E-state index is 0.200. The molecule has 0 aliphatic rings. The first-order valence-electron chi connectivity index (χ1n) is 5.89. The Balaban J connectivity index is 2.25. The fourth-order valence-electron chi connectivity index (χ4n) is 1.70. The second-order valence-corrected chi connectivity index (χ2v) is 8.09. The molecule has 20 heavy (non-hydrogen) atoms. The maximum Gasteiger partial charge on any atom is 0.240 e. The lowest BCUT2D eigenvalue weighted by Gasteiger charge is -2.10. The van der Waals surface area contributed by atoms with Gasteiger partial charge in [0, 0.05) is 21.6 Å². The fourth-order valence-corrected chi connectivity index (χ4v) is 4.34. The van der Waals surface area contributed by atoms with E-state index in [2.05, 4.69) is 20.7 Å². The van der Waals surface area contributed by atoms with Gasteiger partial charge in [-0.2, -0.15) is 0 Å². The molecule has 0 atom stereocenters. The number of nitrogens with one attached hydrogen (secondary N) is 1. The summed E-state index contributed by atoms with van der Waals surface area (Å²) >= 11 is 4.87. The molecule has 0 saturated carbocycles. The van der Waals surface area contributed by atoms with Crippen LogP contribution in [0.25, 0.3) is 0 Å². The topological polar surface area (TPSA) is 72.2 Å². The van der Waals surface area contributed by atoms with E-state index in [0.717, 1.165) is 20.5 Å². The van der Waals surface area contributed by atoms with Gasteiger partial charge in [-0.05, 0) is 64.5 Å². The summed E-state index contributed by atoms with van der Waals surface area (Å²) in [6, 6.07) is 5.02. The van der Waals surface area contributed by atoms with Crippen molar-refractivity contribution in [1.29, 1.82) is 0 Å². The number of aryl methyl sites for hydroxylation is 1. The molecule has 4 nitrogen and oxygen atoms in total. The monoisotopic (exact) mass is 374 g/mol. The summed E-state index contributed by atoms with van der Waals surface area (Å²) in [5.41, 5.74) is 8.09. The van der Waals surface area contributed by atoms with Gasteiger partial charge in [-0.1, -0.05) is 0 Å². The first-order chi connectivity index (χ1) is 9.31. The highest BCUT2D eigenvalue weighted by Gasteiger charge is 2.16. The van der Waals surface area contributed by atoms with Crippen LogP contribution in [0, 0.1) is 13.8 Å². The highest BCUT2D eigenvalue weighted by atomic mass is 79.9. The minimum Gasteiger partial charge on any atom is -0.398 e. The summed E-state index contributed by atoms with van der Waals surface area (Å²) in [6.07, 6.45) is 0. The van der Waals surface area contributed by atoms with E-state index >= 15 is 0 Å². The smallest absolute Gasteiger partial charge is 0.240 e. The van der Waals surface area contributed by atoms with Crippen LogP contribution in [0.5, 0.6) is 0 Å². The normalized spacial score (nSPS) is 11.8. The molecule has 3 N–H and O–H groups in total. The van der Waals surface area contributed by atoms with Crippen LogP contribution in [0.1, 0.15) is 16.0 Å². The Morgan fingerprint density at radius 1 is 1.35 bits per heavy atom. The van der Waals surface area contributed by atoms with Crippen LogP contribution in [-0.4, -0.2) is 8.42 Å². The van der Waals surface area contributed by atoms with E-state index in [4.69, 9.17) is 5.73 Å². The summed E-state index contributed by atoms with van der Waals surface area (Å²) in [4.78, 5) is 1.14. The third kappa shape index (κ3) is 3.22. The SMILES string of the molecule is Cc1cc(S(=O)(=O)NCc2sccc2Br)cc(N)c1C. The van der Waals surface area contributed by atoms with E-state index in [9.17, 15) is 8.42 Å². The molecule has 108 valence electrons. The number of nitrogen functional groups attached to an aromatic ring is 1. The summed E-state index contributed by atoms with van der Waals surface area (Å²) in [6.45, 7) is 3.98. The van der Waals surface area contributed by atoms with Crippen molar-refractivity contribution in [3.8, 4) is 0 Å². The summed E-state index contributed by atoms with van der Waals surface area (Å²) in [5, 5.41) is 1.90. The van der Waals surface area contributed by atoms with Crippen LogP contribution in [0.3, 0.4) is 0 Å². The van der Waals surface area contributed by atoms with E-state index in [0.29, 0.717) is 5.69 Å². The first-order valence-corrected chi connectivity index (χ1v) is 9.05. The van der Waals surface area contributed by atoms with Gasteiger partial charge < -0.3 is 5.73 Å². The molecule has 1 heterocycles. The highest BCUT2D eigenvalue weighted by Crippen LogP contribution is 2.24. The van der Waals surface area contributed by atoms with Gasteiger partial charge in [-0.15, -0.1) is 11.3 Å². The predicted molar refractivity (Wildman–Crippen MR) is 86.4 cm³/mol. The lowest BCUT2D eigenvalue weighted by molar-refractivity contribution is 0.581. The zero-order valence-corrected chi connectivity index (χ0v) is 14.3. The molecular formula is C13H15BrN2O2S2. The number of rotatable bonds is 4. The quantitative estimate of drug-likeness (QED) is 0.807. The largest absolute Gasteiger partial charge is 0.398 e. The van der Waals surface area contributed by atoms with Crippen LogP contribution >= 0.6 is 27.3 Å². The van der Waals surface area contributed by atoms with E-state index in [1.165, 1.54) is 17.4 Å². The van der Waals surface area contributed by atoms with Gasteiger partial charge in [0.15, 0.2) is 0 Å². The molecule has 0 unspecified atom stereocenters. The zero-order valence-electron chi connectivity index (χ0n) is 11.1. The van der Waals surface area contributed by atoms with Crippen molar-refractivity contribution in [1.82, 2.24) is 4.72 Å². The molecule has 0 aliphatic heterocycles. The number of sulfonamides is 1. The predicted octanol–water partition coefficient (Wildman–Crippen LogP) is 3.19. The molecule has 0 aliphatic carbocycles. The molecule has 1 aromatic carbocycles. The number of thiophene rings is 1. The van der Waals surface area contributed by atoms with E-state index < -0.39 is 10.0 Å². The number of nitrogens with two attached hydrogens (primary N) is 1. The van der Waals surface area contributed by atoms with Gasteiger partial charge in [-0.3, -0.25) is 0 Å². The lowest BCUT2D eigenvalue weighted by atomic mass is 10.1. The van der Waals surface area contributed by atoms with Crippen molar-refractivity contribution in [2.24, 2.45) is 0 Å². The van der Waals surface area contributed by atoms with Gasteiger partial charge in [0.1, 0.15) is 0 Å². The minimum atomic E-state index is -3.56. The Bertz CT molecular complexity index is 716. The molecule has 0 amide bonds. The van der Waals surface area contributed by atoms with E-state index in [1.54, 1.807) is 6.07 Å². The van der Waals surface area contributed by atoms with Crippen molar-refractivity contribution in [2.75, 3.05) is 5.73 Å². The maximum atomic E-state index is 12.3. The Morgan fingerprint density at radius 2 is 2.05 bits per heavy atom. The molecule has 0 bridgehead atoms. The standard InChI is InChI=1S/C13H15BrN2O2S2/c1-8-5-10(6-12(15)9(8)2)20(17,18)16-7-13-11(14)3-4-19-13/h3-6,16H,7,15H2,1-2H3. The molecule has 0 radical (unpaired) electrons. The summed E-state index contributed by atoms with van der Waals surface area (Å²) in [5.74, 6) is 0. The number of hydrogen-bond acceptors (Lipinski definition) is 4. The van der Waals surface area contributed by atoms with Gasteiger partial charge >= 0.3 is 0 Å². The second kappa shape index (κ2) is 5.85. The van der Waals surface area contributed by atoms with Crippen LogP contribution in [0.2, 0.25) is 0 Å². The molecule has 0 saturated heterocycles. The molecule has 1 aromatic heterocycles. The Morgan fingerprint density at radius 3 is 2.60 bits per heavy atom. The molecule has 2 rings (SSSR count). The number of anilines is 1. The maximum absolute atomic E-state index is 12.3. The van der Waals surface area contributed by atoms with Crippen molar-refractivity contribution < 1.29 is 8.42 Å². The zero-order chi connectivity index (χ0) is 14.9. The van der Waals surface area contributed by atoms with Crippen LogP contribution < -0.4 is 10.5 Å².